The Labute approximate surface area is 91.5 Å². The van der Waals surface area contributed by atoms with Gasteiger partial charge in [-0.15, -0.1) is 0 Å². The molecule has 3 nitrogen and oxygen atoms in total. The fourth-order valence-electron chi connectivity index (χ4n) is 3.58. The van der Waals surface area contributed by atoms with Gasteiger partial charge in [0.15, 0.2) is 0 Å². The first kappa shape index (κ1) is 10.9. The van der Waals surface area contributed by atoms with Gasteiger partial charge in [-0.3, -0.25) is 9.69 Å². The van der Waals surface area contributed by atoms with E-state index in [1.807, 2.05) is 0 Å². The molecule has 2 aliphatic heterocycles. The Morgan fingerprint density at radius 2 is 1.87 bits per heavy atom. The van der Waals surface area contributed by atoms with Gasteiger partial charge in [0.2, 0.25) is 0 Å². The van der Waals surface area contributed by atoms with Gasteiger partial charge in [-0.2, -0.15) is 0 Å². The Morgan fingerprint density at radius 3 is 2.27 bits per heavy atom. The first-order valence-electron chi connectivity index (χ1n) is 6.07. The molecule has 0 aliphatic carbocycles. The van der Waals surface area contributed by atoms with Gasteiger partial charge >= 0.3 is 5.97 Å². The molecule has 0 aromatic rings. The van der Waals surface area contributed by atoms with Crippen LogP contribution < -0.4 is 0 Å². The molecule has 2 heterocycles. The highest BCUT2D eigenvalue weighted by Gasteiger charge is 2.41. The maximum atomic E-state index is 10.7. The Morgan fingerprint density at radius 1 is 1.33 bits per heavy atom. The van der Waals surface area contributed by atoms with Gasteiger partial charge in [-0.25, -0.2) is 0 Å². The Hall–Kier alpha value is -0.570. The van der Waals surface area contributed by atoms with Crippen LogP contribution in [0.15, 0.2) is 0 Å². The molecule has 2 fully saturated rings. The third kappa shape index (κ3) is 2.17. The molecule has 0 saturated carbocycles. The van der Waals surface area contributed by atoms with E-state index in [0.29, 0.717) is 30.5 Å². The summed E-state index contributed by atoms with van der Waals surface area (Å²) >= 11 is 0. The molecule has 15 heavy (non-hydrogen) atoms. The van der Waals surface area contributed by atoms with Crippen LogP contribution in [0.1, 0.15) is 46.0 Å². The number of nitrogens with zero attached hydrogens (tertiary/aromatic N) is 1. The first-order valence-corrected chi connectivity index (χ1v) is 6.07. The minimum absolute atomic E-state index is 0.374. The number of piperidine rings is 1. The standard InChI is InChI=1S/C12H21NO2/c1-8(2)13-10-3-4-11(13)6-9(5-10)7-12(14)15/h8-11H,3-7H2,1-2H3,(H,14,15). The van der Waals surface area contributed by atoms with Crippen LogP contribution in [-0.2, 0) is 4.79 Å². The van der Waals surface area contributed by atoms with Gasteiger partial charge in [-0.1, -0.05) is 0 Å². The molecule has 2 atom stereocenters. The molecule has 3 heteroatoms. The van der Waals surface area contributed by atoms with Crippen molar-refractivity contribution in [2.75, 3.05) is 0 Å². The molecule has 0 aromatic carbocycles. The second-order valence-corrected chi connectivity index (χ2v) is 5.36. The molecule has 0 spiro atoms. The molecule has 2 unspecified atom stereocenters. The van der Waals surface area contributed by atoms with E-state index in [9.17, 15) is 4.79 Å². The average molecular weight is 211 g/mol. The number of rotatable bonds is 3. The summed E-state index contributed by atoms with van der Waals surface area (Å²) < 4.78 is 0. The van der Waals surface area contributed by atoms with Crippen LogP contribution in [0, 0.1) is 5.92 Å². The highest BCUT2D eigenvalue weighted by molar-refractivity contribution is 5.67. The summed E-state index contributed by atoms with van der Waals surface area (Å²) in [6, 6.07) is 1.94. The zero-order valence-corrected chi connectivity index (χ0v) is 9.65. The lowest BCUT2D eigenvalue weighted by molar-refractivity contribution is -0.138. The van der Waals surface area contributed by atoms with E-state index in [4.69, 9.17) is 5.11 Å². The van der Waals surface area contributed by atoms with Crippen molar-refractivity contribution in [1.29, 1.82) is 0 Å². The summed E-state index contributed by atoms with van der Waals surface area (Å²) in [5.41, 5.74) is 0. The number of aliphatic carboxylic acids is 1. The summed E-state index contributed by atoms with van der Waals surface area (Å²) in [7, 11) is 0. The molecular weight excluding hydrogens is 190 g/mol. The van der Waals surface area contributed by atoms with E-state index in [1.165, 1.54) is 12.8 Å². The zero-order valence-electron chi connectivity index (χ0n) is 9.65. The van der Waals surface area contributed by atoms with E-state index in [1.54, 1.807) is 0 Å². The molecule has 2 aliphatic rings. The van der Waals surface area contributed by atoms with E-state index in [0.717, 1.165) is 12.8 Å². The molecule has 0 radical (unpaired) electrons. The topological polar surface area (TPSA) is 40.5 Å². The van der Waals surface area contributed by atoms with Gasteiger partial charge in [0.1, 0.15) is 0 Å². The Kier molecular flexibility index (Phi) is 3.01. The second-order valence-electron chi connectivity index (χ2n) is 5.36. The van der Waals surface area contributed by atoms with Crippen molar-refractivity contribution >= 4 is 5.97 Å². The van der Waals surface area contributed by atoms with Crippen molar-refractivity contribution in [3.05, 3.63) is 0 Å². The molecular formula is C12H21NO2. The fraction of sp³-hybridized carbons (Fsp3) is 0.917. The van der Waals surface area contributed by atoms with Gasteiger partial charge in [-0.05, 0) is 45.4 Å². The lowest BCUT2D eigenvalue weighted by Gasteiger charge is -2.41. The largest absolute Gasteiger partial charge is 0.481 e. The molecule has 86 valence electrons. The fourth-order valence-corrected chi connectivity index (χ4v) is 3.58. The van der Waals surface area contributed by atoms with Gasteiger partial charge in [0.25, 0.3) is 0 Å². The maximum absolute atomic E-state index is 10.7. The normalized spacial score (nSPS) is 36.1. The van der Waals surface area contributed by atoms with Crippen LogP contribution in [0.5, 0.6) is 0 Å². The molecule has 2 bridgehead atoms. The smallest absolute Gasteiger partial charge is 0.303 e. The predicted octanol–water partition coefficient (Wildman–Crippen LogP) is 2.11. The molecule has 2 saturated heterocycles. The van der Waals surface area contributed by atoms with Gasteiger partial charge < -0.3 is 5.11 Å². The van der Waals surface area contributed by atoms with Crippen LogP contribution in [-0.4, -0.2) is 34.1 Å². The van der Waals surface area contributed by atoms with Gasteiger partial charge in [0.05, 0.1) is 0 Å². The summed E-state index contributed by atoms with van der Waals surface area (Å²) in [5.74, 6) is -0.201. The molecule has 0 aromatic heterocycles. The van der Waals surface area contributed by atoms with Crippen molar-refractivity contribution in [2.45, 2.75) is 64.1 Å². The number of fused-ring (bicyclic) bond motifs is 2. The minimum Gasteiger partial charge on any atom is -0.481 e. The minimum atomic E-state index is -0.627. The van der Waals surface area contributed by atoms with E-state index >= 15 is 0 Å². The van der Waals surface area contributed by atoms with E-state index < -0.39 is 5.97 Å². The zero-order chi connectivity index (χ0) is 11.0. The second kappa shape index (κ2) is 4.12. The van der Waals surface area contributed by atoms with Crippen LogP contribution in [0.4, 0.5) is 0 Å². The van der Waals surface area contributed by atoms with Crippen LogP contribution >= 0.6 is 0 Å². The molecule has 2 rings (SSSR count). The van der Waals surface area contributed by atoms with Crippen LogP contribution in [0.3, 0.4) is 0 Å². The highest BCUT2D eigenvalue weighted by Crippen LogP contribution is 2.40. The number of carbonyl (C=O) groups is 1. The molecule has 1 N–H and O–H groups in total. The van der Waals surface area contributed by atoms with E-state index in [-0.39, 0.29) is 0 Å². The third-order valence-electron chi connectivity index (χ3n) is 3.95. The predicted molar refractivity (Wildman–Crippen MR) is 58.8 cm³/mol. The summed E-state index contributed by atoms with van der Waals surface area (Å²) in [6.45, 7) is 4.51. The SMILES string of the molecule is CC(C)N1C2CCC1CC(CC(=O)O)C2. The summed E-state index contributed by atoms with van der Waals surface area (Å²) in [5, 5.41) is 8.82. The van der Waals surface area contributed by atoms with Crippen molar-refractivity contribution in [2.24, 2.45) is 5.92 Å². The third-order valence-corrected chi connectivity index (χ3v) is 3.95. The number of carboxylic acids is 1. The lowest BCUT2D eigenvalue weighted by atomic mass is 9.87. The first-order chi connectivity index (χ1) is 7.08. The quantitative estimate of drug-likeness (QED) is 0.777. The Bertz CT molecular complexity index is 238. The maximum Gasteiger partial charge on any atom is 0.303 e. The van der Waals surface area contributed by atoms with Crippen LogP contribution in [0.25, 0.3) is 0 Å². The van der Waals surface area contributed by atoms with Crippen molar-refractivity contribution < 1.29 is 9.90 Å². The monoisotopic (exact) mass is 211 g/mol. The summed E-state index contributed by atoms with van der Waals surface area (Å²) in [4.78, 5) is 13.3. The number of carboxylic acid groups (broad SMARTS) is 1. The van der Waals surface area contributed by atoms with Crippen LogP contribution in [0.2, 0.25) is 0 Å². The van der Waals surface area contributed by atoms with Crippen molar-refractivity contribution in [3.8, 4) is 0 Å². The van der Waals surface area contributed by atoms with Crippen molar-refractivity contribution in [1.82, 2.24) is 4.90 Å². The average Bonchev–Trinajstić information content (AvgIpc) is 2.38. The molecule has 0 amide bonds. The Balaban J connectivity index is 1.98. The lowest BCUT2D eigenvalue weighted by Crippen LogP contribution is -2.46. The summed E-state index contributed by atoms with van der Waals surface area (Å²) in [6.07, 6.45) is 5.12. The van der Waals surface area contributed by atoms with E-state index in [2.05, 4.69) is 18.7 Å². The number of hydrogen-bond acceptors (Lipinski definition) is 2. The van der Waals surface area contributed by atoms with Crippen molar-refractivity contribution in [3.63, 3.8) is 0 Å². The number of hydrogen-bond donors (Lipinski definition) is 1. The highest BCUT2D eigenvalue weighted by atomic mass is 16.4. The van der Waals surface area contributed by atoms with Gasteiger partial charge in [0, 0.05) is 24.5 Å².